The van der Waals surface area contributed by atoms with E-state index >= 15 is 0 Å². The van der Waals surface area contributed by atoms with Gasteiger partial charge in [-0.05, 0) is 30.0 Å². The van der Waals surface area contributed by atoms with Crippen LogP contribution >= 0.6 is 24.0 Å². The highest BCUT2D eigenvalue weighted by Crippen LogP contribution is 2.36. The van der Waals surface area contributed by atoms with E-state index in [1.54, 1.807) is 18.4 Å². The van der Waals surface area contributed by atoms with Gasteiger partial charge in [-0.15, -0.1) is 24.0 Å². The molecule has 0 saturated carbocycles. The van der Waals surface area contributed by atoms with Gasteiger partial charge in [-0.2, -0.15) is 0 Å². The number of benzene rings is 1. The number of thiol groups is 1. The Balaban J connectivity index is 2.85. The number of methoxy groups -OCH3 is 1. The average Bonchev–Trinajstić information content (AvgIpc) is 2.60. The number of ether oxygens (including phenoxy) is 1. The summed E-state index contributed by atoms with van der Waals surface area (Å²) in [7, 11) is 1.67. The summed E-state index contributed by atoms with van der Waals surface area (Å²) in [6, 6.07) is 4.11. The molecule has 0 saturated heterocycles. The summed E-state index contributed by atoms with van der Waals surface area (Å²) in [6.45, 7) is 2.09. The molecule has 0 bridgehead atoms. The Labute approximate surface area is 86.8 Å². The van der Waals surface area contributed by atoms with Gasteiger partial charge in [0.05, 0.1) is 12.0 Å². The van der Waals surface area contributed by atoms with Crippen LogP contribution in [0.1, 0.15) is 5.56 Å². The number of thiophene rings is 1. The highest BCUT2D eigenvalue weighted by molar-refractivity contribution is 7.80. The molecular formula is C10H10OS2. The lowest BCUT2D eigenvalue weighted by molar-refractivity contribution is 0.406. The second-order valence-electron chi connectivity index (χ2n) is 2.91. The predicted molar refractivity (Wildman–Crippen MR) is 60.4 cm³/mol. The Bertz CT molecular complexity index is 445. The molecule has 0 amide bonds. The van der Waals surface area contributed by atoms with Crippen LogP contribution in [0, 0.1) is 6.92 Å². The SMILES string of the molecule is COc1cc(C)c2sccc2c1S. The first-order valence-electron chi connectivity index (χ1n) is 3.98. The van der Waals surface area contributed by atoms with Gasteiger partial charge in [0.2, 0.25) is 0 Å². The van der Waals surface area contributed by atoms with E-state index in [-0.39, 0.29) is 0 Å². The van der Waals surface area contributed by atoms with Crippen molar-refractivity contribution in [2.45, 2.75) is 11.8 Å². The summed E-state index contributed by atoms with van der Waals surface area (Å²) in [5.74, 6) is 0.853. The van der Waals surface area contributed by atoms with Crippen LogP contribution in [0.2, 0.25) is 0 Å². The minimum absolute atomic E-state index is 0.853. The van der Waals surface area contributed by atoms with Gasteiger partial charge in [0.15, 0.2) is 0 Å². The minimum atomic E-state index is 0.853. The van der Waals surface area contributed by atoms with Gasteiger partial charge in [-0.25, -0.2) is 0 Å². The normalized spacial score (nSPS) is 10.7. The third kappa shape index (κ3) is 1.32. The molecule has 2 aromatic rings. The molecule has 0 spiro atoms. The van der Waals surface area contributed by atoms with Crippen LogP contribution in [0.3, 0.4) is 0 Å². The molecule has 68 valence electrons. The third-order valence-corrected chi connectivity index (χ3v) is 3.59. The van der Waals surface area contributed by atoms with Crippen molar-refractivity contribution in [1.82, 2.24) is 0 Å². The Morgan fingerprint density at radius 1 is 1.46 bits per heavy atom. The lowest BCUT2D eigenvalue weighted by atomic mass is 10.2. The van der Waals surface area contributed by atoms with Gasteiger partial charge in [0, 0.05) is 10.1 Å². The molecule has 0 N–H and O–H groups in total. The van der Waals surface area contributed by atoms with Crippen molar-refractivity contribution in [2.24, 2.45) is 0 Å². The zero-order valence-electron chi connectivity index (χ0n) is 7.50. The van der Waals surface area contributed by atoms with Crippen molar-refractivity contribution in [2.75, 3.05) is 7.11 Å². The highest BCUT2D eigenvalue weighted by Gasteiger charge is 2.08. The zero-order valence-corrected chi connectivity index (χ0v) is 9.21. The molecule has 0 radical (unpaired) electrons. The van der Waals surface area contributed by atoms with Crippen molar-refractivity contribution in [3.63, 3.8) is 0 Å². The molecule has 3 heteroatoms. The molecule has 0 unspecified atom stereocenters. The van der Waals surface area contributed by atoms with E-state index in [0.29, 0.717) is 0 Å². The maximum absolute atomic E-state index is 5.23. The van der Waals surface area contributed by atoms with Gasteiger partial charge < -0.3 is 4.74 Å². The first-order chi connectivity index (χ1) is 6.24. The van der Waals surface area contributed by atoms with E-state index in [9.17, 15) is 0 Å². The van der Waals surface area contributed by atoms with Gasteiger partial charge in [-0.3, -0.25) is 0 Å². The van der Waals surface area contributed by atoms with Gasteiger partial charge in [-0.1, -0.05) is 0 Å². The number of aryl methyl sites for hydroxylation is 1. The van der Waals surface area contributed by atoms with Crippen molar-refractivity contribution in [1.29, 1.82) is 0 Å². The smallest absolute Gasteiger partial charge is 0.133 e. The molecule has 1 aromatic heterocycles. The van der Waals surface area contributed by atoms with Crippen molar-refractivity contribution in [3.8, 4) is 5.75 Å². The van der Waals surface area contributed by atoms with Crippen LogP contribution < -0.4 is 4.74 Å². The van der Waals surface area contributed by atoms with Crippen LogP contribution in [-0.4, -0.2) is 7.11 Å². The molecular weight excluding hydrogens is 200 g/mol. The van der Waals surface area contributed by atoms with Crippen molar-refractivity contribution >= 4 is 34.1 Å². The molecule has 0 aliphatic heterocycles. The number of hydrogen-bond donors (Lipinski definition) is 1. The van der Waals surface area contributed by atoms with Crippen molar-refractivity contribution in [3.05, 3.63) is 23.1 Å². The van der Waals surface area contributed by atoms with E-state index in [0.717, 1.165) is 10.6 Å². The number of rotatable bonds is 1. The largest absolute Gasteiger partial charge is 0.496 e. The number of hydrogen-bond acceptors (Lipinski definition) is 3. The first kappa shape index (κ1) is 8.91. The second-order valence-corrected chi connectivity index (χ2v) is 4.27. The average molecular weight is 210 g/mol. The van der Waals surface area contributed by atoms with Crippen LogP contribution in [0.4, 0.5) is 0 Å². The second kappa shape index (κ2) is 3.24. The zero-order chi connectivity index (χ0) is 9.42. The molecule has 1 aromatic carbocycles. The maximum atomic E-state index is 5.23. The molecule has 0 aliphatic rings. The summed E-state index contributed by atoms with van der Waals surface area (Å²) >= 11 is 6.18. The quantitative estimate of drug-likeness (QED) is 0.709. The Morgan fingerprint density at radius 2 is 2.23 bits per heavy atom. The van der Waals surface area contributed by atoms with Crippen molar-refractivity contribution < 1.29 is 4.74 Å². The first-order valence-corrected chi connectivity index (χ1v) is 5.30. The summed E-state index contributed by atoms with van der Waals surface area (Å²) in [5.41, 5.74) is 1.25. The van der Waals surface area contributed by atoms with Gasteiger partial charge >= 0.3 is 0 Å². The van der Waals surface area contributed by atoms with E-state index in [1.165, 1.54) is 15.6 Å². The van der Waals surface area contributed by atoms with Crippen LogP contribution in [0.5, 0.6) is 5.75 Å². The fraction of sp³-hybridized carbons (Fsp3) is 0.200. The molecule has 0 fully saturated rings. The van der Waals surface area contributed by atoms with Crippen LogP contribution in [-0.2, 0) is 0 Å². The lowest BCUT2D eigenvalue weighted by Crippen LogP contribution is -1.86. The molecule has 1 nitrogen and oxygen atoms in total. The van der Waals surface area contributed by atoms with Gasteiger partial charge in [0.25, 0.3) is 0 Å². The van der Waals surface area contributed by atoms with Crippen LogP contribution in [0.15, 0.2) is 22.4 Å². The molecule has 13 heavy (non-hydrogen) atoms. The predicted octanol–water partition coefficient (Wildman–Crippen LogP) is 3.51. The van der Waals surface area contributed by atoms with E-state index in [4.69, 9.17) is 4.74 Å². The molecule has 1 heterocycles. The Morgan fingerprint density at radius 3 is 2.92 bits per heavy atom. The molecule has 2 rings (SSSR count). The Kier molecular flexibility index (Phi) is 2.22. The fourth-order valence-electron chi connectivity index (χ4n) is 1.42. The molecule has 0 aliphatic carbocycles. The topological polar surface area (TPSA) is 9.23 Å². The van der Waals surface area contributed by atoms with E-state index < -0.39 is 0 Å². The summed E-state index contributed by atoms with van der Waals surface area (Å²) in [6.07, 6.45) is 0. The van der Waals surface area contributed by atoms with E-state index in [1.807, 2.05) is 6.07 Å². The summed E-state index contributed by atoms with van der Waals surface area (Å²) in [4.78, 5) is 0.935. The standard InChI is InChI=1S/C10H10OS2/c1-6-5-8(11-2)9(12)7-3-4-13-10(6)7/h3-5,12H,1-2H3. The third-order valence-electron chi connectivity index (χ3n) is 2.08. The van der Waals surface area contributed by atoms with Crippen LogP contribution in [0.25, 0.3) is 10.1 Å². The monoisotopic (exact) mass is 210 g/mol. The minimum Gasteiger partial charge on any atom is -0.496 e. The summed E-state index contributed by atoms with van der Waals surface area (Å²) in [5, 5.41) is 3.27. The Hall–Kier alpha value is -0.670. The van der Waals surface area contributed by atoms with Gasteiger partial charge in [0.1, 0.15) is 5.75 Å². The highest BCUT2D eigenvalue weighted by atomic mass is 32.1. The van der Waals surface area contributed by atoms with E-state index in [2.05, 4.69) is 31.0 Å². The number of fused-ring (bicyclic) bond motifs is 1. The molecule has 0 atom stereocenters. The lowest BCUT2D eigenvalue weighted by Gasteiger charge is -2.06. The summed E-state index contributed by atoms with van der Waals surface area (Å²) < 4.78 is 6.53. The maximum Gasteiger partial charge on any atom is 0.133 e. The fourth-order valence-corrected chi connectivity index (χ4v) is 2.72.